The first-order valence-corrected chi connectivity index (χ1v) is 9.54. The first-order valence-electron chi connectivity index (χ1n) is 9.54. The van der Waals surface area contributed by atoms with E-state index in [-0.39, 0.29) is 17.6 Å². The van der Waals surface area contributed by atoms with Crippen LogP contribution in [-0.2, 0) is 9.53 Å². The second-order valence-electron chi connectivity index (χ2n) is 7.45. The molecule has 2 aliphatic rings. The lowest BCUT2D eigenvalue weighted by molar-refractivity contribution is -0.192. The number of pyridine rings is 1. The number of carbonyl (C=O) groups is 2. The van der Waals surface area contributed by atoms with Gasteiger partial charge in [0.2, 0.25) is 0 Å². The third kappa shape index (κ3) is 5.54. The number of likely N-dealkylation sites (tertiary alicyclic amines) is 1. The molecule has 2 saturated heterocycles. The molecule has 0 saturated carbocycles. The zero-order valence-electron chi connectivity index (χ0n) is 16.7. The number of anilines is 1. The normalized spacial score (nSPS) is 22.8. The Morgan fingerprint density at radius 1 is 1.35 bits per heavy atom. The number of aryl methyl sites for hydroxylation is 1. The molecule has 0 radical (unpaired) electrons. The molecule has 2 fully saturated rings. The van der Waals surface area contributed by atoms with Crippen molar-refractivity contribution in [2.24, 2.45) is 0 Å². The molecule has 2 aromatic heterocycles. The van der Waals surface area contributed by atoms with Gasteiger partial charge < -0.3 is 24.5 Å². The predicted octanol–water partition coefficient (Wildman–Crippen LogP) is 3.10. The van der Waals surface area contributed by atoms with Gasteiger partial charge in [0, 0.05) is 25.4 Å². The molecule has 1 amide bonds. The van der Waals surface area contributed by atoms with Crippen LogP contribution < -0.4 is 5.32 Å². The maximum atomic E-state index is 12.6. The van der Waals surface area contributed by atoms with Crippen molar-refractivity contribution in [1.82, 2.24) is 9.88 Å². The molecule has 0 aromatic carbocycles. The lowest BCUT2D eigenvalue weighted by Gasteiger charge is -2.23. The summed E-state index contributed by atoms with van der Waals surface area (Å²) in [5.41, 5.74) is 1.42. The molecule has 2 N–H and O–H groups in total. The van der Waals surface area contributed by atoms with Gasteiger partial charge in [-0.3, -0.25) is 9.78 Å². The van der Waals surface area contributed by atoms with E-state index in [1.54, 1.807) is 18.5 Å². The number of carboxylic acid groups (broad SMARTS) is 1. The third-order valence-corrected chi connectivity index (χ3v) is 5.18. The van der Waals surface area contributed by atoms with Crippen LogP contribution in [0.2, 0.25) is 0 Å². The molecular formula is C20H22F3N3O5. The molecule has 168 valence electrons. The molecule has 2 aliphatic heterocycles. The highest BCUT2D eigenvalue weighted by atomic mass is 19.4. The zero-order valence-corrected chi connectivity index (χ0v) is 16.7. The van der Waals surface area contributed by atoms with Gasteiger partial charge in [-0.05, 0) is 31.5 Å². The second-order valence-corrected chi connectivity index (χ2v) is 7.45. The SMILES string of the molecule is Cc1occc1C(=O)N1CCC2(CC(Nc3cccnc3)CO2)C1.O=C(O)C(F)(F)F. The molecule has 2 aromatic rings. The minimum atomic E-state index is -5.08. The van der Waals surface area contributed by atoms with E-state index in [2.05, 4.69) is 10.3 Å². The molecule has 2 unspecified atom stereocenters. The number of rotatable bonds is 3. The number of ether oxygens (including phenoxy) is 1. The average molecular weight is 441 g/mol. The van der Waals surface area contributed by atoms with Crippen LogP contribution in [0.5, 0.6) is 0 Å². The first-order chi connectivity index (χ1) is 14.6. The lowest BCUT2D eigenvalue weighted by atomic mass is 9.97. The smallest absolute Gasteiger partial charge is 0.475 e. The summed E-state index contributed by atoms with van der Waals surface area (Å²) in [4.78, 5) is 27.5. The van der Waals surface area contributed by atoms with E-state index in [1.165, 1.54) is 0 Å². The number of carbonyl (C=O) groups excluding carboxylic acids is 1. The van der Waals surface area contributed by atoms with E-state index in [1.807, 2.05) is 30.2 Å². The Bertz CT molecular complexity index is 918. The molecule has 2 atom stereocenters. The Labute approximate surface area is 176 Å². The summed E-state index contributed by atoms with van der Waals surface area (Å²) in [5, 5.41) is 10.6. The molecule has 11 heteroatoms. The van der Waals surface area contributed by atoms with Crippen molar-refractivity contribution in [3.05, 3.63) is 48.2 Å². The van der Waals surface area contributed by atoms with Crippen LogP contribution in [0.25, 0.3) is 0 Å². The largest absolute Gasteiger partial charge is 0.490 e. The van der Waals surface area contributed by atoms with E-state index >= 15 is 0 Å². The van der Waals surface area contributed by atoms with E-state index in [4.69, 9.17) is 19.1 Å². The number of aromatic nitrogens is 1. The third-order valence-electron chi connectivity index (χ3n) is 5.18. The second kappa shape index (κ2) is 8.96. The van der Waals surface area contributed by atoms with Crippen molar-refractivity contribution >= 4 is 17.6 Å². The van der Waals surface area contributed by atoms with Crippen molar-refractivity contribution in [3.63, 3.8) is 0 Å². The van der Waals surface area contributed by atoms with Crippen LogP contribution in [0.4, 0.5) is 18.9 Å². The summed E-state index contributed by atoms with van der Waals surface area (Å²) < 4.78 is 43.1. The summed E-state index contributed by atoms with van der Waals surface area (Å²) in [6.45, 7) is 3.84. The minimum Gasteiger partial charge on any atom is -0.475 e. The predicted molar refractivity (Wildman–Crippen MR) is 103 cm³/mol. The van der Waals surface area contributed by atoms with E-state index < -0.39 is 12.1 Å². The Hall–Kier alpha value is -3.08. The summed E-state index contributed by atoms with van der Waals surface area (Å²) in [6, 6.07) is 5.91. The van der Waals surface area contributed by atoms with Gasteiger partial charge in [0.1, 0.15) is 5.76 Å². The number of amides is 1. The van der Waals surface area contributed by atoms with Crippen LogP contribution in [0.1, 0.15) is 29.0 Å². The summed E-state index contributed by atoms with van der Waals surface area (Å²) in [7, 11) is 0. The summed E-state index contributed by atoms with van der Waals surface area (Å²) in [6.07, 6.45) is 1.83. The van der Waals surface area contributed by atoms with Crippen LogP contribution in [-0.4, -0.2) is 64.4 Å². The fourth-order valence-corrected chi connectivity index (χ4v) is 3.70. The number of halogens is 3. The number of alkyl halides is 3. The van der Waals surface area contributed by atoms with Gasteiger partial charge in [-0.2, -0.15) is 13.2 Å². The quantitative estimate of drug-likeness (QED) is 0.754. The van der Waals surface area contributed by atoms with Gasteiger partial charge in [0.05, 0.1) is 42.3 Å². The molecule has 4 rings (SSSR count). The molecule has 0 bridgehead atoms. The highest BCUT2D eigenvalue weighted by Gasteiger charge is 2.47. The number of furan rings is 1. The Morgan fingerprint density at radius 3 is 2.68 bits per heavy atom. The maximum absolute atomic E-state index is 12.6. The van der Waals surface area contributed by atoms with E-state index in [0.717, 1.165) is 25.1 Å². The Morgan fingerprint density at radius 2 is 2.10 bits per heavy atom. The molecule has 8 nitrogen and oxygen atoms in total. The van der Waals surface area contributed by atoms with Crippen molar-refractivity contribution < 1.29 is 37.0 Å². The van der Waals surface area contributed by atoms with Gasteiger partial charge in [0.25, 0.3) is 5.91 Å². The molecular weight excluding hydrogens is 419 g/mol. The van der Waals surface area contributed by atoms with Crippen LogP contribution in [0, 0.1) is 6.92 Å². The molecule has 4 heterocycles. The zero-order chi connectivity index (χ0) is 22.6. The molecule has 31 heavy (non-hydrogen) atoms. The van der Waals surface area contributed by atoms with Crippen LogP contribution >= 0.6 is 0 Å². The van der Waals surface area contributed by atoms with E-state index in [9.17, 15) is 18.0 Å². The average Bonchev–Trinajstić information content (AvgIpc) is 3.43. The minimum absolute atomic E-state index is 0.0328. The monoisotopic (exact) mass is 441 g/mol. The van der Waals surface area contributed by atoms with Crippen molar-refractivity contribution in [3.8, 4) is 0 Å². The highest BCUT2D eigenvalue weighted by molar-refractivity contribution is 5.95. The van der Waals surface area contributed by atoms with Crippen molar-refractivity contribution in [2.45, 2.75) is 37.6 Å². The molecule has 0 aliphatic carbocycles. The number of nitrogens with one attached hydrogen (secondary N) is 1. The van der Waals surface area contributed by atoms with Gasteiger partial charge in [-0.15, -0.1) is 0 Å². The lowest BCUT2D eigenvalue weighted by Crippen LogP contribution is -2.36. The van der Waals surface area contributed by atoms with E-state index in [0.29, 0.717) is 24.5 Å². The van der Waals surface area contributed by atoms with Crippen molar-refractivity contribution in [1.29, 1.82) is 0 Å². The number of carboxylic acids is 1. The number of nitrogens with zero attached hydrogens (tertiary/aromatic N) is 2. The molecule has 1 spiro atoms. The van der Waals surface area contributed by atoms with Gasteiger partial charge in [0.15, 0.2) is 0 Å². The standard InChI is InChI=1S/C18H21N3O3.C2HF3O2/c1-13-16(4-8-23-13)17(22)21-7-5-18(12-21)9-15(11-24-18)20-14-3-2-6-19-10-14;3-2(4,5)1(6)7/h2-4,6,8,10,15,20H,5,7,9,11-12H2,1H3;(H,6,7). The van der Waals surface area contributed by atoms with Crippen LogP contribution in [0.15, 0.2) is 41.3 Å². The Balaban J connectivity index is 0.000000339. The number of hydrogen-bond acceptors (Lipinski definition) is 6. The maximum Gasteiger partial charge on any atom is 0.490 e. The fourth-order valence-electron chi connectivity index (χ4n) is 3.70. The van der Waals surface area contributed by atoms with Crippen molar-refractivity contribution in [2.75, 3.05) is 25.0 Å². The van der Waals surface area contributed by atoms with Gasteiger partial charge in [-0.1, -0.05) is 0 Å². The highest BCUT2D eigenvalue weighted by Crippen LogP contribution is 2.36. The topological polar surface area (TPSA) is 105 Å². The fraction of sp³-hybridized carbons (Fsp3) is 0.450. The van der Waals surface area contributed by atoms with Gasteiger partial charge in [-0.25, -0.2) is 4.79 Å². The Kier molecular flexibility index (Phi) is 6.54. The first kappa shape index (κ1) is 22.6. The number of hydrogen-bond donors (Lipinski definition) is 2. The summed E-state index contributed by atoms with van der Waals surface area (Å²) >= 11 is 0. The number of aliphatic carboxylic acids is 1. The van der Waals surface area contributed by atoms with Crippen LogP contribution in [0.3, 0.4) is 0 Å². The summed E-state index contributed by atoms with van der Waals surface area (Å²) in [5.74, 6) is -2.05. The van der Waals surface area contributed by atoms with Gasteiger partial charge >= 0.3 is 12.1 Å².